The molecule has 35 heavy (non-hydrogen) atoms. The molecule has 0 spiro atoms. The summed E-state index contributed by atoms with van der Waals surface area (Å²) in [5.74, 6) is 1.55. The maximum atomic E-state index is 5.85. The number of nitrogens with zero attached hydrogens (tertiary/aromatic N) is 2. The van der Waals surface area contributed by atoms with Gasteiger partial charge >= 0.3 is 0 Å². The second kappa shape index (κ2) is 13.0. The second-order valence-electron chi connectivity index (χ2n) is 8.10. The van der Waals surface area contributed by atoms with E-state index in [1.165, 1.54) is 0 Å². The van der Waals surface area contributed by atoms with Crippen LogP contribution in [-0.2, 0) is 14.2 Å². The number of fused-ring (bicyclic) bond motifs is 2. The molecule has 0 atom stereocenters. The van der Waals surface area contributed by atoms with E-state index < -0.39 is 0 Å². The van der Waals surface area contributed by atoms with Gasteiger partial charge in [-0.15, -0.1) is 0 Å². The van der Waals surface area contributed by atoms with Crippen LogP contribution < -0.4 is 9.47 Å². The van der Waals surface area contributed by atoms with Gasteiger partial charge in [-0.05, 0) is 38.1 Å². The van der Waals surface area contributed by atoms with Crippen molar-refractivity contribution in [3.8, 4) is 11.5 Å². The third kappa shape index (κ3) is 7.36. The smallest absolute Gasteiger partial charge is 0.145 e. The lowest BCUT2D eigenvalue weighted by atomic mass is 10.2. The van der Waals surface area contributed by atoms with Crippen molar-refractivity contribution in [1.82, 2.24) is 9.97 Å². The Hall–Kier alpha value is -3.26. The van der Waals surface area contributed by atoms with E-state index in [0.29, 0.717) is 52.9 Å². The van der Waals surface area contributed by atoms with Gasteiger partial charge in [-0.3, -0.25) is 0 Å². The van der Waals surface area contributed by atoms with Crippen molar-refractivity contribution < 1.29 is 23.7 Å². The first-order chi connectivity index (χ1) is 17.2. The lowest BCUT2D eigenvalue weighted by molar-refractivity contribution is 0.00510. The van der Waals surface area contributed by atoms with Crippen LogP contribution in [0.1, 0.15) is 11.4 Å². The van der Waals surface area contributed by atoms with Gasteiger partial charge in [-0.2, -0.15) is 0 Å². The molecule has 0 aliphatic rings. The number of ether oxygens (including phenoxy) is 5. The standard InChI is InChI=1S/C28H32N2O5/c1-21-9-11-23-5-3-7-25(27(23)29-21)34-19-17-32-15-13-31-14-16-33-18-20-35-26-8-4-6-24-12-10-22(2)30-28(24)26/h3-12H,13-20H2,1-2H3. The van der Waals surface area contributed by atoms with E-state index in [4.69, 9.17) is 23.7 Å². The number of aryl methyl sites for hydroxylation is 2. The van der Waals surface area contributed by atoms with Crippen LogP contribution in [0, 0.1) is 13.8 Å². The molecule has 0 saturated carbocycles. The number of hydrogen-bond acceptors (Lipinski definition) is 7. The highest BCUT2D eigenvalue weighted by Gasteiger charge is 2.05. The molecule has 4 aromatic rings. The van der Waals surface area contributed by atoms with Crippen LogP contribution in [0.2, 0.25) is 0 Å². The summed E-state index contributed by atoms with van der Waals surface area (Å²) >= 11 is 0. The van der Waals surface area contributed by atoms with Crippen molar-refractivity contribution in [2.75, 3.05) is 52.9 Å². The summed E-state index contributed by atoms with van der Waals surface area (Å²) in [4.78, 5) is 9.15. The fourth-order valence-electron chi connectivity index (χ4n) is 3.63. The highest BCUT2D eigenvalue weighted by molar-refractivity contribution is 5.85. The molecule has 0 aliphatic heterocycles. The minimum Gasteiger partial charge on any atom is -0.489 e. The summed E-state index contributed by atoms with van der Waals surface area (Å²) < 4.78 is 28.4. The van der Waals surface area contributed by atoms with Gasteiger partial charge in [0.2, 0.25) is 0 Å². The lowest BCUT2D eigenvalue weighted by Gasteiger charge is -2.11. The third-order valence-electron chi connectivity index (χ3n) is 5.36. The van der Waals surface area contributed by atoms with Gasteiger partial charge in [0.25, 0.3) is 0 Å². The van der Waals surface area contributed by atoms with Crippen molar-refractivity contribution >= 4 is 21.8 Å². The zero-order valence-electron chi connectivity index (χ0n) is 20.4. The van der Waals surface area contributed by atoms with E-state index in [1.54, 1.807) is 0 Å². The fraction of sp³-hybridized carbons (Fsp3) is 0.357. The highest BCUT2D eigenvalue weighted by atomic mass is 16.6. The van der Waals surface area contributed by atoms with E-state index in [0.717, 1.165) is 44.7 Å². The van der Waals surface area contributed by atoms with Crippen LogP contribution in [0.25, 0.3) is 21.8 Å². The highest BCUT2D eigenvalue weighted by Crippen LogP contribution is 2.24. The molecular weight excluding hydrogens is 444 g/mol. The van der Waals surface area contributed by atoms with E-state index >= 15 is 0 Å². The fourth-order valence-corrected chi connectivity index (χ4v) is 3.63. The van der Waals surface area contributed by atoms with Crippen molar-refractivity contribution in [3.05, 3.63) is 72.1 Å². The molecule has 4 rings (SSSR count). The molecule has 0 radical (unpaired) electrons. The van der Waals surface area contributed by atoms with Crippen LogP contribution in [0.15, 0.2) is 60.7 Å². The van der Waals surface area contributed by atoms with Crippen LogP contribution >= 0.6 is 0 Å². The van der Waals surface area contributed by atoms with E-state index in [-0.39, 0.29) is 0 Å². The van der Waals surface area contributed by atoms with Gasteiger partial charge in [-0.25, -0.2) is 9.97 Å². The first-order valence-electron chi connectivity index (χ1n) is 11.9. The molecule has 0 aliphatic carbocycles. The largest absolute Gasteiger partial charge is 0.489 e. The van der Waals surface area contributed by atoms with Gasteiger partial charge < -0.3 is 23.7 Å². The maximum Gasteiger partial charge on any atom is 0.145 e. The molecule has 184 valence electrons. The monoisotopic (exact) mass is 476 g/mol. The molecule has 0 saturated heterocycles. The van der Waals surface area contributed by atoms with E-state index in [2.05, 4.69) is 22.1 Å². The van der Waals surface area contributed by atoms with E-state index in [9.17, 15) is 0 Å². The number of hydrogen-bond donors (Lipinski definition) is 0. The van der Waals surface area contributed by atoms with Crippen molar-refractivity contribution in [3.63, 3.8) is 0 Å². The Kier molecular flexibility index (Phi) is 9.23. The second-order valence-corrected chi connectivity index (χ2v) is 8.10. The number of para-hydroxylation sites is 2. The molecule has 0 fully saturated rings. The Morgan fingerprint density at radius 3 is 1.31 bits per heavy atom. The number of pyridine rings is 2. The molecule has 2 aromatic carbocycles. The van der Waals surface area contributed by atoms with Crippen LogP contribution in [0.3, 0.4) is 0 Å². The van der Waals surface area contributed by atoms with Crippen molar-refractivity contribution in [1.29, 1.82) is 0 Å². The zero-order chi connectivity index (χ0) is 24.3. The van der Waals surface area contributed by atoms with Gasteiger partial charge in [0, 0.05) is 22.2 Å². The lowest BCUT2D eigenvalue weighted by Crippen LogP contribution is -2.14. The predicted octanol–water partition coefficient (Wildman–Crippen LogP) is 4.91. The normalized spacial score (nSPS) is 11.3. The number of benzene rings is 2. The summed E-state index contributed by atoms with van der Waals surface area (Å²) in [6.45, 7) is 7.88. The van der Waals surface area contributed by atoms with Gasteiger partial charge in [0.05, 0.1) is 39.6 Å². The van der Waals surface area contributed by atoms with Crippen LogP contribution in [-0.4, -0.2) is 62.8 Å². The Balaban J connectivity index is 1.02. The molecule has 0 bridgehead atoms. The third-order valence-corrected chi connectivity index (χ3v) is 5.36. The SMILES string of the molecule is Cc1ccc2cccc(OCCOCCOCCOCCOc3cccc4ccc(C)nc34)c2n1. The van der Waals surface area contributed by atoms with Gasteiger partial charge in [0.1, 0.15) is 35.7 Å². The van der Waals surface area contributed by atoms with Gasteiger partial charge in [0.15, 0.2) is 0 Å². The summed E-state index contributed by atoms with van der Waals surface area (Å²) in [5, 5.41) is 2.13. The average Bonchev–Trinajstić information content (AvgIpc) is 2.87. The molecular formula is C28H32N2O5. The van der Waals surface area contributed by atoms with Crippen LogP contribution in [0.4, 0.5) is 0 Å². The van der Waals surface area contributed by atoms with Crippen LogP contribution in [0.5, 0.6) is 11.5 Å². The van der Waals surface area contributed by atoms with Crippen molar-refractivity contribution in [2.24, 2.45) is 0 Å². The molecule has 0 unspecified atom stereocenters. The minimum atomic E-state index is 0.462. The molecule has 2 aromatic heterocycles. The first kappa shape index (κ1) is 24.9. The quantitative estimate of drug-likeness (QED) is 0.240. The predicted molar refractivity (Wildman–Crippen MR) is 136 cm³/mol. The Labute approximate surface area is 206 Å². The topological polar surface area (TPSA) is 71.9 Å². The number of rotatable bonds is 14. The summed E-state index contributed by atoms with van der Waals surface area (Å²) in [6, 6.07) is 20.0. The molecule has 2 heterocycles. The number of aromatic nitrogens is 2. The molecule has 0 amide bonds. The first-order valence-corrected chi connectivity index (χ1v) is 11.9. The average molecular weight is 477 g/mol. The molecule has 7 heteroatoms. The molecule has 0 N–H and O–H groups in total. The van der Waals surface area contributed by atoms with E-state index in [1.807, 2.05) is 62.4 Å². The summed E-state index contributed by atoms with van der Waals surface area (Å²) in [7, 11) is 0. The zero-order valence-corrected chi connectivity index (χ0v) is 20.4. The Morgan fingerprint density at radius 2 is 0.886 bits per heavy atom. The molecule has 7 nitrogen and oxygen atoms in total. The Bertz CT molecular complexity index is 1140. The summed E-state index contributed by atoms with van der Waals surface area (Å²) in [5.41, 5.74) is 3.70. The van der Waals surface area contributed by atoms with Gasteiger partial charge in [-0.1, -0.05) is 36.4 Å². The minimum absolute atomic E-state index is 0.462. The maximum absolute atomic E-state index is 5.85. The van der Waals surface area contributed by atoms with Crippen molar-refractivity contribution in [2.45, 2.75) is 13.8 Å². The Morgan fingerprint density at radius 1 is 0.486 bits per heavy atom. The summed E-state index contributed by atoms with van der Waals surface area (Å²) in [6.07, 6.45) is 0.